The minimum Gasteiger partial charge on any atom is -0.379 e. The van der Waals surface area contributed by atoms with E-state index in [1.54, 1.807) is 0 Å². The molecular formula is C17H34N4O. The highest BCUT2D eigenvalue weighted by molar-refractivity contribution is 5.79. The van der Waals surface area contributed by atoms with Crippen molar-refractivity contribution in [3.8, 4) is 0 Å². The first-order valence-corrected chi connectivity index (χ1v) is 8.90. The maximum Gasteiger partial charge on any atom is 0.193 e. The summed E-state index contributed by atoms with van der Waals surface area (Å²) in [7, 11) is 6.18. The number of aliphatic imine (C=N–C) groups is 1. The monoisotopic (exact) mass is 310 g/mol. The van der Waals surface area contributed by atoms with Gasteiger partial charge < -0.3 is 19.9 Å². The van der Waals surface area contributed by atoms with E-state index in [1.807, 2.05) is 7.05 Å². The molecule has 0 unspecified atom stereocenters. The second-order valence-corrected chi connectivity index (χ2v) is 6.83. The highest BCUT2D eigenvalue weighted by atomic mass is 16.5. The van der Waals surface area contributed by atoms with Gasteiger partial charge in [-0.25, -0.2) is 0 Å². The molecule has 0 spiro atoms. The molecule has 0 saturated heterocycles. The van der Waals surface area contributed by atoms with Crippen LogP contribution in [0, 0.1) is 5.92 Å². The molecule has 0 aromatic heterocycles. The molecule has 0 bridgehead atoms. The summed E-state index contributed by atoms with van der Waals surface area (Å²) >= 11 is 0. The first-order valence-electron chi connectivity index (χ1n) is 8.90. The number of nitrogens with zero attached hydrogens (tertiary/aromatic N) is 3. The molecule has 0 radical (unpaired) electrons. The molecule has 5 nitrogen and oxygen atoms in total. The second kappa shape index (κ2) is 9.36. The van der Waals surface area contributed by atoms with Crippen molar-refractivity contribution < 1.29 is 4.74 Å². The second-order valence-electron chi connectivity index (χ2n) is 6.83. The lowest BCUT2D eigenvalue weighted by molar-refractivity contribution is 0.115. The van der Waals surface area contributed by atoms with Crippen LogP contribution in [-0.2, 0) is 4.74 Å². The fourth-order valence-corrected chi connectivity index (χ4v) is 3.10. The number of rotatable bonds is 9. The maximum absolute atomic E-state index is 5.70. The standard InChI is InChI=1S/C17H34N4O/c1-18-17(21(3)12-13-22-14-15-8-9-15)19-10-11-20(2)16-6-4-5-7-16/h15-16H,4-14H2,1-3H3,(H,18,19). The Morgan fingerprint density at radius 3 is 2.50 bits per heavy atom. The fourth-order valence-electron chi connectivity index (χ4n) is 3.10. The summed E-state index contributed by atoms with van der Waals surface area (Å²) in [5.74, 6) is 1.81. The van der Waals surface area contributed by atoms with Gasteiger partial charge >= 0.3 is 0 Å². The molecule has 2 rings (SSSR count). The van der Waals surface area contributed by atoms with Gasteiger partial charge in [-0.05, 0) is 38.6 Å². The third-order valence-electron chi connectivity index (χ3n) is 4.89. The van der Waals surface area contributed by atoms with Gasteiger partial charge in [-0.2, -0.15) is 0 Å². The first-order chi connectivity index (χ1) is 10.7. The molecule has 0 amide bonds. The molecule has 0 atom stereocenters. The third kappa shape index (κ3) is 6.13. The van der Waals surface area contributed by atoms with Gasteiger partial charge in [-0.15, -0.1) is 0 Å². The van der Waals surface area contributed by atoms with Crippen molar-refractivity contribution in [3.05, 3.63) is 0 Å². The van der Waals surface area contributed by atoms with E-state index in [1.165, 1.54) is 38.5 Å². The predicted octanol–water partition coefficient (Wildman–Crippen LogP) is 1.79. The molecular weight excluding hydrogens is 276 g/mol. The van der Waals surface area contributed by atoms with Crippen LogP contribution in [-0.4, -0.2) is 75.8 Å². The summed E-state index contributed by atoms with van der Waals surface area (Å²) in [6.45, 7) is 4.65. The largest absolute Gasteiger partial charge is 0.379 e. The zero-order chi connectivity index (χ0) is 15.8. The van der Waals surface area contributed by atoms with Crippen molar-refractivity contribution in [3.63, 3.8) is 0 Å². The summed E-state index contributed by atoms with van der Waals surface area (Å²) in [6.07, 6.45) is 8.23. The van der Waals surface area contributed by atoms with Crippen LogP contribution < -0.4 is 5.32 Å². The third-order valence-corrected chi connectivity index (χ3v) is 4.89. The molecule has 5 heteroatoms. The lowest BCUT2D eigenvalue weighted by Crippen LogP contribution is -2.44. The highest BCUT2D eigenvalue weighted by Gasteiger charge is 2.21. The number of guanidine groups is 1. The molecule has 0 aromatic carbocycles. The van der Waals surface area contributed by atoms with Crippen LogP contribution >= 0.6 is 0 Å². The van der Waals surface area contributed by atoms with E-state index in [0.717, 1.165) is 50.8 Å². The van der Waals surface area contributed by atoms with Crippen molar-refractivity contribution in [2.75, 3.05) is 54.0 Å². The Labute approximate surface area is 136 Å². The van der Waals surface area contributed by atoms with Gasteiger partial charge in [0.1, 0.15) is 0 Å². The molecule has 2 fully saturated rings. The van der Waals surface area contributed by atoms with Crippen LogP contribution in [0.2, 0.25) is 0 Å². The SMILES string of the molecule is CN=C(NCCN(C)C1CCCC1)N(C)CCOCC1CC1. The zero-order valence-electron chi connectivity index (χ0n) is 14.7. The fraction of sp³-hybridized carbons (Fsp3) is 0.941. The molecule has 2 aliphatic carbocycles. The van der Waals surface area contributed by atoms with E-state index < -0.39 is 0 Å². The number of nitrogens with one attached hydrogen (secondary N) is 1. The zero-order valence-corrected chi connectivity index (χ0v) is 14.7. The Balaban J connectivity index is 1.56. The molecule has 0 heterocycles. The summed E-state index contributed by atoms with van der Waals surface area (Å²) in [5, 5.41) is 3.46. The van der Waals surface area contributed by atoms with E-state index in [2.05, 4.69) is 34.2 Å². The van der Waals surface area contributed by atoms with Gasteiger partial charge in [0, 0.05) is 46.4 Å². The minimum absolute atomic E-state index is 0.787. The van der Waals surface area contributed by atoms with Crippen LogP contribution in [0.15, 0.2) is 4.99 Å². The van der Waals surface area contributed by atoms with E-state index >= 15 is 0 Å². The van der Waals surface area contributed by atoms with Gasteiger partial charge in [0.05, 0.1) is 6.61 Å². The Bertz CT molecular complexity index is 338. The number of hydrogen-bond donors (Lipinski definition) is 1. The summed E-state index contributed by atoms with van der Waals surface area (Å²) < 4.78 is 5.70. The Hall–Kier alpha value is -0.810. The quantitative estimate of drug-likeness (QED) is 0.400. The van der Waals surface area contributed by atoms with Gasteiger partial charge in [-0.1, -0.05) is 12.8 Å². The average molecular weight is 310 g/mol. The number of hydrogen-bond acceptors (Lipinski definition) is 3. The highest BCUT2D eigenvalue weighted by Crippen LogP contribution is 2.28. The van der Waals surface area contributed by atoms with E-state index in [0.29, 0.717) is 0 Å². The maximum atomic E-state index is 5.70. The number of ether oxygens (including phenoxy) is 1. The van der Waals surface area contributed by atoms with Crippen LogP contribution in [0.25, 0.3) is 0 Å². The lowest BCUT2D eigenvalue weighted by Gasteiger charge is -2.26. The van der Waals surface area contributed by atoms with Crippen molar-refractivity contribution in [1.29, 1.82) is 0 Å². The molecule has 0 aliphatic heterocycles. The average Bonchev–Trinajstić information content (AvgIpc) is 3.18. The van der Waals surface area contributed by atoms with Crippen LogP contribution in [0.5, 0.6) is 0 Å². The topological polar surface area (TPSA) is 40.1 Å². The molecule has 128 valence electrons. The number of likely N-dealkylation sites (N-methyl/N-ethyl adjacent to an activating group) is 2. The van der Waals surface area contributed by atoms with Gasteiger partial charge in [0.2, 0.25) is 0 Å². The normalized spacial score (nSPS) is 19.9. The van der Waals surface area contributed by atoms with Crippen molar-refractivity contribution >= 4 is 5.96 Å². The molecule has 1 N–H and O–H groups in total. The Morgan fingerprint density at radius 2 is 1.86 bits per heavy atom. The van der Waals surface area contributed by atoms with Gasteiger partial charge in [0.25, 0.3) is 0 Å². The Kier molecular flexibility index (Phi) is 7.46. The van der Waals surface area contributed by atoms with Crippen molar-refractivity contribution in [2.24, 2.45) is 10.9 Å². The van der Waals surface area contributed by atoms with Crippen LogP contribution in [0.3, 0.4) is 0 Å². The summed E-state index contributed by atoms with van der Waals surface area (Å²) in [5.41, 5.74) is 0. The Morgan fingerprint density at radius 1 is 1.14 bits per heavy atom. The summed E-state index contributed by atoms with van der Waals surface area (Å²) in [6, 6.07) is 0.789. The van der Waals surface area contributed by atoms with Gasteiger partial charge in [0.15, 0.2) is 5.96 Å². The minimum atomic E-state index is 0.787. The van der Waals surface area contributed by atoms with Gasteiger partial charge in [-0.3, -0.25) is 4.99 Å². The van der Waals surface area contributed by atoms with Crippen LogP contribution in [0.1, 0.15) is 38.5 Å². The lowest BCUT2D eigenvalue weighted by atomic mass is 10.2. The van der Waals surface area contributed by atoms with E-state index in [-0.39, 0.29) is 0 Å². The smallest absolute Gasteiger partial charge is 0.193 e. The summed E-state index contributed by atoms with van der Waals surface area (Å²) in [4.78, 5) is 9.01. The van der Waals surface area contributed by atoms with Crippen molar-refractivity contribution in [1.82, 2.24) is 15.1 Å². The molecule has 2 aliphatic rings. The van der Waals surface area contributed by atoms with Crippen molar-refractivity contribution in [2.45, 2.75) is 44.6 Å². The van der Waals surface area contributed by atoms with E-state index in [4.69, 9.17) is 4.74 Å². The van der Waals surface area contributed by atoms with E-state index in [9.17, 15) is 0 Å². The molecule has 22 heavy (non-hydrogen) atoms. The molecule has 2 saturated carbocycles. The van der Waals surface area contributed by atoms with Crippen LogP contribution in [0.4, 0.5) is 0 Å². The predicted molar refractivity (Wildman–Crippen MR) is 92.4 cm³/mol. The first kappa shape index (κ1) is 17.5. The molecule has 0 aromatic rings.